The topological polar surface area (TPSA) is 46.1 Å². The van der Waals surface area contributed by atoms with Gasteiger partial charge < -0.3 is 4.90 Å². The minimum Gasteiger partial charge on any atom is -0.338 e. The SMILES string of the molecule is Cc1cccc(-c2nccc([C@H]3CCCN(C(=O)c4ccccc4)C3)n2)c1. The van der Waals surface area contributed by atoms with Crippen LogP contribution in [-0.4, -0.2) is 33.9 Å². The summed E-state index contributed by atoms with van der Waals surface area (Å²) in [6, 6.07) is 19.7. The maximum Gasteiger partial charge on any atom is 0.253 e. The van der Waals surface area contributed by atoms with Crippen LogP contribution >= 0.6 is 0 Å². The Balaban J connectivity index is 1.55. The lowest BCUT2D eigenvalue weighted by atomic mass is 9.94. The van der Waals surface area contributed by atoms with Crippen molar-refractivity contribution in [2.75, 3.05) is 13.1 Å². The van der Waals surface area contributed by atoms with Gasteiger partial charge in [-0.15, -0.1) is 0 Å². The van der Waals surface area contributed by atoms with Crippen LogP contribution in [0.1, 0.15) is 40.4 Å². The molecule has 1 atom stereocenters. The van der Waals surface area contributed by atoms with Crippen LogP contribution < -0.4 is 0 Å². The Hall–Kier alpha value is -3.01. The molecular formula is C23H23N3O. The molecule has 1 aliphatic heterocycles. The fraction of sp³-hybridized carbons (Fsp3) is 0.261. The second-order valence-corrected chi connectivity index (χ2v) is 7.13. The minimum absolute atomic E-state index is 0.105. The Morgan fingerprint density at radius 2 is 1.93 bits per heavy atom. The largest absolute Gasteiger partial charge is 0.338 e. The smallest absolute Gasteiger partial charge is 0.253 e. The number of carbonyl (C=O) groups is 1. The maximum absolute atomic E-state index is 12.8. The van der Waals surface area contributed by atoms with Gasteiger partial charge in [0.15, 0.2) is 5.82 Å². The quantitative estimate of drug-likeness (QED) is 0.695. The van der Waals surface area contributed by atoms with Gasteiger partial charge in [0, 0.05) is 42.0 Å². The molecule has 3 aromatic rings. The first-order valence-corrected chi connectivity index (χ1v) is 9.45. The highest BCUT2D eigenvalue weighted by atomic mass is 16.2. The molecule has 27 heavy (non-hydrogen) atoms. The molecule has 1 aliphatic rings. The van der Waals surface area contributed by atoms with Gasteiger partial charge in [-0.2, -0.15) is 0 Å². The van der Waals surface area contributed by atoms with Gasteiger partial charge in [0.25, 0.3) is 5.91 Å². The third-order valence-corrected chi connectivity index (χ3v) is 5.10. The van der Waals surface area contributed by atoms with Crippen LogP contribution in [0.2, 0.25) is 0 Å². The molecule has 0 unspecified atom stereocenters. The number of hydrogen-bond donors (Lipinski definition) is 0. The van der Waals surface area contributed by atoms with Crippen LogP contribution in [0, 0.1) is 6.92 Å². The van der Waals surface area contributed by atoms with Gasteiger partial charge in [0.1, 0.15) is 0 Å². The highest BCUT2D eigenvalue weighted by Gasteiger charge is 2.26. The van der Waals surface area contributed by atoms with Crippen LogP contribution in [-0.2, 0) is 0 Å². The lowest BCUT2D eigenvalue weighted by Gasteiger charge is -2.32. The molecule has 4 nitrogen and oxygen atoms in total. The summed E-state index contributed by atoms with van der Waals surface area (Å²) in [5.41, 5.74) is 4.00. The van der Waals surface area contributed by atoms with Crippen LogP contribution in [0.5, 0.6) is 0 Å². The first-order valence-electron chi connectivity index (χ1n) is 9.45. The molecule has 1 fully saturated rings. The van der Waals surface area contributed by atoms with Crippen molar-refractivity contribution in [3.63, 3.8) is 0 Å². The zero-order chi connectivity index (χ0) is 18.6. The van der Waals surface area contributed by atoms with Crippen molar-refractivity contribution in [3.8, 4) is 11.4 Å². The predicted molar refractivity (Wildman–Crippen MR) is 107 cm³/mol. The van der Waals surface area contributed by atoms with Crippen LogP contribution in [0.25, 0.3) is 11.4 Å². The van der Waals surface area contributed by atoms with Crippen LogP contribution in [0.3, 0.4) is 0 Å². The molecule has 4 rings (SSSR count). The van der Waals surface area contributed by atoms with Crippen molar-refractivity contribution >= 4 is 5.91 Å². The standard InChI is InChI=1S/C23H23N3O/c1-17-7-5-10-19(15-17)22-24-13-12-21(25-22)20-11-6-14-26(16-20)23(27)18-8-3-2-4-9-18/h2-5,7-10,12-13,15,20H,6,11,14,16H2,1H3/t20-/m0/s1. The van der Waals surface area contributed by atoms with E-state index < -0.39 is 0 Å². The Kier molecular flexibility index (Phi) is 4.97. The number of benzene rings is 2. The zero-order valence-electron chi connectivity index (χ0n) is 15.5. The number of carbonyl (C=O) groups excluding carboxylic acids is 1. The number of likely N-dealkylation sites (tertiary alicyclic amines) is 1. The van der Waals surface area contributed by atoms with Crippen molar-refractivity contribution in [2.45, 2.75) is 25.7 Å². The molecule has 2 heterocycles. The summed E-state index contributed by atoms with van der Waals surface area (Å²) >= 11 is 0. The molecule has 0 bridgehead atoms. The average molecular weight is 357 g/mol. The Morgan fingerprint density at radius 1 is 1.07 bits per heavy atom. The monoisotopic (exact) mass is 357 g/mol. The number of amides is 1. The van der Waals surface area contributed by atoms with Crippen molar-refractivity contribution in [3.05, 3.63) is 83.7 Å². The average Bonchev–Trinajstić information content (AvgIpc) is 2.74. The molecule has 1 amide bonds. The first-order chi connectivity index (χ1) is 13.2. The summed E-state index contributed by atoms with van der Waals surface area (Å²) in [4.78, 5) is 24.0. The Labute approximate surface area is 159 Å². The van der Waals surface area contributed by atoms with E-state index in [1.165, 1.54) is 5.56 Å². The molecule has 136 valence electrons. The first kappa shape index (κ1) is 17.4. The predicted octanol–water partition coefficient (Wildman–Crippen LogP) is 4.47. The molecule has 2 aromatic carbocycles. The summed E-state index contributed by atoms with van der Waals surface area (Å²) in [5.74, 6) is 1.11. The van der Waals surface area contributed by atoms with Gasteiger partial charge in [-0.25, -0.2) is 9.97 Å². The highest BCUT2D eigenvalue weighted by molar-refractivity contribution is 5.94. The summed E-state index contributed by atoms with van der Waals surface area (Å²) in [7, 11) is 0. The molecule has 0 radical (unpaired) electrons. The van der Waals surface area contributed by atoms with E-state index >= 15 is 0 Å². The fourth-order valence-electron chi connectivity index (χ4n) is 3.69. The number of aryl methyl sites for hydroxylation is 1. The zero-order valence-corrected chi connectivity index (χ0v) is 15.5. The summed E-state index contributed by atoms with van der Waals surface area (Å²) in [6.45, 7) is 3.58. The van der Waals surface area contributed by atoms with Crippen molar-refractivity contribution in [2.24, 2.45) is 0 Å². The lowest BCUT2D eigenvalue weighted by molar-refractivity contribution is 0.0706. The number of rotatable bonds is 3. The Bertz CT molecular complexity index is 939. The second kappa shape index (κ2) is 7.70. The van der Waals surface area contributed by atoms with E-state index in [0.29, 0.717) is 6.54 Å². The van der Waals surface area contributed by atoms with E-state index in [4.69, 9.17) is 4.98 Å². The number of piperidine rings is 1. The number of aromatic nitrogens is 2. The van der Waals surface area contributed by atoms with E-state index in [2.05, 4.69) is 24.0 Å². The fourth-order valence-corrected chi connectivity index (χ4v) is 3.69. The van der Waals surface area contributed by atoms with E-state index in [0.717, 1.165) is 42.0 Å². The normalized spacial score (nSPS) is 16.9. The second-order valence-electron chi connectivity index (χ2n) is 7.13. The van der Waals surface area contributed by atoms with Gasteiger partial charge in [-0.05, 0) is 44.0 Å². The third-order valence-electron chi connectivity index (χ3n) is 5.10. The van der Waals surface area contributed by atoms with Crippen molar-refractivity contribution < 1.29 is 4.79 Å². The summed E-state index contributed by atoms with van der Waals surface area (Å²) in [5, 5.41) is 0. The Morgan fingerprint density at radius 3 is 2.74 bits per heavy atom. The van der Waals surface area contributed by atoms with Crippen molar-refractivity contribution in [1.82, 2.24) is 14.9 Å². The van der Waals surface area contributed by atoms with Crippen LogP contribution in [0.4, 0.5) is 0 Å². The van der Waals surface area contributed by atoms with E-state index in [9.17, 15) is 4.79 Å². The summed E-state index contributed by atoms with van der Waals surface area (Å²) in [6.07, 6.45) is 3.87. The summed E-state index contributed by atoms with van der Waals surface area (Å²) < 4.78 is 0. The molecule has 0 N–H and O–H groups in total. The van der Waals surface area contributed by atoms with Gasteiger partial charge in [-0.3, -0.25) is 4.79 Å². The van der Waals surface area contributed by atoms with E-state index in [-0.39, 0.29) is 11.8 Å². The minimum atomic E-state index is 0.105. The van der Waals surface area contributed by atoms with E-state index in [1.54, 1.807) is 0 Å². The van der Waals surface area contributed by atoms with Crippen LogP contribution in [0.15, 0.2) is 66.9 Å². The van der Waals surface area contributed by atoms with E-state index in [1.807, 2.05) is 59.6 Å². The van der Waals surface area contributed by atoms with Gasteiger partial charge in [0.2, 0.25) is 0 Å². The molecule has 0 aliphatic carbocycles. The molecular weight excluding hydrogens is 334 g/mol. The number of hydrogen-bond acceptors (Lipinski definition) is 3. The van der Waals surface area contributed by atoms with Gasteiger partial charge in [0.05, 0.1) is 0 Å². The molecule has 1 aromatic heterocycles. The third kappa shape index (κ3) is 3.90. The molecule has 0 spiro atoms. The van der Waals surface area contributed by atoms with Crippen molar-refractivity contribution in [1.29, 1.82) is 0 Å². The number of nitrogens with zero attached hydrogens (tertiary/aromatic N) is 3. The van der Waals surface area contributed by atoms with Gasteiger partial charge >= 0.3 is 0 Å². The highest BCUT2D eigenvalue weighted by Crippen LogP contribution is 2.28. The van der Waals surface area contributed by atoms with Gasteiger partial charge in [-0.1, -0.05) is 42.0 Å². The maximum atomic E-state index is 12.8. The molecule has 1 saturated heterocycles. The molecule has 0 saturated carbocycles. The lowest BCUT2D eigenvalue weighted by Crippen LogP contribution is -2.39. The molecule has 4 heteroatoms.